The van der Waals surface area contributed by atoms with E-state index in [0.29, 0.717) is 13.0 Å². The van der Waals surface area contributed by atoms with Crippen molar-refractivity contribution in [2.75, 3.05) is 26.0 Å². The second-order valence-electron chi connectivity index (χ2n) is 8.89. The fourth-order valence-electron chi connectivity index (χ4n) is 4.25. The molecule has 4 rings (SSSR count). The Hall–Kier alpha value is -3.53. The molecular weight excluding hydrogens is 396 g/mol. The second kappa shape index (κ2) is 8.91. The molecule has 4 heteroatoms. The second-order valence-corrected chi connectivity index (χ2v) is 8.89. The number of para-hydroxylation sites is 1. The van der Waals surface area contributed by atoms with Crippen LogP contribution in [-0.2, 0) is 11.2 Å². The molecule has 1 N–H and O–H groups in total. The molecule has 0 unspecified atom stereocenters. The molecule has 0 saturated carbocycles. The summed E-state index contributed by atoms with van der Waals surface area (Å²) in [5.41, 5.74) is 6.31. The molecule has 0 atom stereocenters. The molecule has 1 amide bonds. The highest BCUT2D eigenvalue weighted by molar-refractivity contribution is 5.88. The Kier molecular flexibility index (Phi) is 6.04. The molecule has 0 radical (unpaired) electrons. The highest BCUT2D eigenvalue weighted by Gasteiger charge is 2.26. The number of rotatable bonds is 6. The van der Waals surface area contributed by atoms with Crippen LogP contribution in [0.25, 0.3) is 16.7 Å². The number of carbonyl (C=O) groups excluding carboxylic acids is 1. The highest BCUT2D eigenvalue weighted by atomic mass is 16.5. The lowest BCUT2D eigenvalue weighted by molar-refractivity contribution is -0.128. The van der Waals surface area contributed by atoms with E-state index in [9.17, 15) is 4.79 Å². The number of nitrogens with one attached hydrogen (secondary N) is 1. The van der Waals surface area contributed by atoms with E-state index in [0.717, 1.165) is 39.3 Å². The fraction of sp³-hybridized carbons (Fsp3) is 0.250. The summed E-state index contributed by atoms with van der Waals surface area (Å²) in [7, 11) is 3.57. The summed E-state index contributed by atoms with van der Waals surface area (Å²) in [6, 6.07) is 24.4. The van der Waals surface area contributed by atoms with E-state index < -0.39 is 0 Å². The molecule has 0 aliphatic carbocycles. The molecule has 0 fully saturated rings. The van der Waals surface area contributed by atoms with E-state index in [1.165, 1.54) is 0 Å². The Morgan fingerprint density at radius 2 is 1.69 bits per heavy atom. The van der Waals surface area contributed by atoms with E-state index in [4.69, 9.17) is 4.74 Å². The molecule has 1 aliphatic rings. The fourth-order valence-corrected chi connectivity index (χ4v) is 4.25. The largest absolute Gasteiger partial charge is 0.496 e. The molecule has 0 bridgehead atoms. The summed E-state index contributed by atoms with van der Waals surface area (Å²) in [6.45, 7) is 4.85. The standard InChI is InChI=1S/C28H30N2O2/c1-28(2)18-22(19-30(3)27(31)16-20-10-6-5-7-11-20)24-17-21(14-15-25(24)29-28)23-12-8-9-13-26(23)32-4/h5-15,17-18,29H,16,19H2,1-4H3. The van der Waals surface area contributed by atoms with Crippen molar-refractivity contribution in [1.82, 2.24) is 4.90 Å². The van der Waals surface area contributed by atoms with Gasteiger partial charge in [0, 0.05) is 30.4 Å². The number of benzene rings is 3. The minimum Gasteiger partial charge on any atom is -0.496 e. The third kappa shape index (κ3) is 4.70. The maximum absolute atomic E-state index is 12.9. The van der Waals surface area contributed by atoms with Gasteiger partial charge in [-0.15, -0.1) is 0 Å². The van der Waals surface area contributed by atoms with E-state index in [1.54, 1.807) is 7.11 Å². The number of methoxy groups -OCH3 is 1. The summed E-state index contributed by atoms with van der Waals surface area (Å²) in [5, 5.41) is 3.60. The smallest absolute Gasteiger partial charge is 0.227 e. The van der Waals surface area contributed by atoms with Crippen molar-refractivity contribution in [2.24, 2.45) is 0 Å². The third-order valence-electron chi connectivity index (χ3n) is 5.81. The number of nitrogens with zero attached hydrogens (tertiary/aromatic N) is 1. The molecule has 0 spiro atoms. The molecule has 0 aromatic heterocycles. The number of amides is 1. The lowest BCUT2D eigenvalue weighted by atomic mass is 9.88. The number of likely N-dealkylation sites (N-methyl/N-ethyl adjacent to an activating group) is 1. The van der Waals surface area contributed by atoms with Gasteiger partial charge in [-0.25, -0.2) is 0 Å². The van der Waals surface area contributed by atoms with Gasteiger partial charge in [-0.05, 0) is 48.7 Å². The topological polar surface area (TPSA) is 41.6 Å². The van der Waals surface area contributed by atoms with Gasteiger partial charge in [0.2, 0.25) is 5.91 Å². The monoisotopic (exact) mass is 426 g/mol. The van der Waals surface area contributed by atoms with Crippen LogP contribution in [0, 0.1) is 0 Å². The predicted molar refractivity (Wildman–Crippen MR) is 132 cm³/mol. The van der Waals surface area contributed by atoms with Gasteiger partial charge >= 0.3 is 0 Å². The molecule has 0 saturated heterocycles. The number of fused-ring (bicyclic) bond motifs is 1. The quantitative estimate of drug-likeness (QED) is 0.554. The molecule has 164 valence electrons. The van der Waals surface area contributed by atoms with Crippen LogP contribution < -0.4 is 10.1 Å². The zero-order valence-electron chi connectivity index (χ0n) is 19.2. The van der Waals surface area contributed by atoms with Gasteiger partial charge < -0.3 is 15.0 Å². The summed E-state index contributed by atoms with van der Waals surface area (Å²) < 4.78 is 5.57. The molecule has 4 nitrogen and oxygen atoms in total. The van der Waals surface area contributed by atoms with Crippen molar-refractivity contribution < 1.29 is 9.53 Å². The zero-order valence-corrected chi connectivity index (χ0v) is 19.2. The number of anilines is 1. The van der Waals surface area contributed by atoms with E-state index in [-0.39, 0.29) is 11.4 Å². The first kappa shape index (κ1) is 21.7. The Bertz CT molecular complexity index is 1150. The average Bonchev–Trinajstić information content (AvgIpc) is 2.78. The first-order chi connectivity index (χ1) is 15.4. The van der Waals surface area contributed by atoms with Crippen molar-refractivity contribution in [1.29, 1.82) is 0 Å². The summed E-state index contributed by atoms with van der Waals surface area (Å²) in [5.74, 6) is 0.952. The minimum atomic E-state index is -0.197. The van der Waals surface area contributed by atoms with Gasteiger partial charge in [0.05, 0.1) is 19.1 Å². The van der Waals surface area contributed by atoms with Gasteiger partial charge in [0.15, 0.2) is 0 Å². The van der Waals surface area contributed by atoms with Crippen LogP contribution in [0.4, 0.5) is 5.69 Å². The number of hydrogen-bond acceptors (Lipinski definition) is 3. The van der Waals surface area contributed by atoms with Gasteiger partial charge in [0.1, 0.15) is 5.75 Å². The molecule has 1 aliphatic heterocycles. The van der Waals surface area contributed by atoms with Crippen LogP contribution in [0.15, 0.2) is 78.9 Å². The lowest BCUT2D eigenvalue weighted by Crippen LogP contribution is -2.35. The van der Waals surface area contributed by atoms with Crippen LogP contribution in [0.5, 0.6) is 5.75 Å². The highest BCUT2D eigenvalue weighted by Crippen LogP contribution is 2.38. The van der Waals surface area contributed by atoms with Crippen molar-refractivity contribution in [3.05, 3.63) is 90.0 Å². The van der Waals surface area contributed by atoms with Crippen LogP contribution in [0.1, 0.15) is 25.0 Å². The Labute approximate surface area is 190 Å². The Morgan fingerprint density at radius 1 is 0.969 bits per heavy atom. The first-order valence-corrected chi connectivity index (χ1v) is 10.9. The number of carbonyl (C=O) groups is 1. The first-order valence-electron chi connectivity index (χ1n) is 10.9. The molecule has 1 heterocycles. The average molecular weight is 427 g/mol. The van der Waals surface area contributed by atoms with Crippen molar-refractivity contribution >= 4 is 17.2 Å². The van der Waals surface area contributed by atoms with Gasteiger partial charge in [-0.2, -0.15) is 0 Å². The van der Waals surface area contributed by atoms with Gasteiger partial charge in [0.25, 0.3) is 0 Å². The number of ether oxygens (including phenoxy) is 1. The van der Waals surface area contributed by atoms with Crippen molar-refractivity contribution in [3.63, 3.8) is 0 Å². The SMILES string of the molecule is COc1ccccc1-c1ccc2c(c1)C(CN(C)C(=O)Cc1ccccc1)=CC(C)(C)N2. The summed E-state index contributed by atoms with van der Waals surface area (Å²) in [6.07, 6.45) is 2.63. The third-order valence-corrected chi connectivity index (χ3v) is 5.81. The van der Waals surface area contributed by atoms with Crippen LogP contribution >= 0.6 is 0 Å². The Morgan fingerprint density at radius 3 is 2.44 bits per heavy atom. The maximum atomic E-state index is 12.9. The predicted octanol–water partition coefficient (Wildman–Crippen LogP) is 5.65. The normalized spacial score (nSPS) is 14.1. The van der Waals surface area contributed by atoms with Gasteiger partial charge in [-0.1, -0.05) is 60.7 Å². The summed E-state index contributed by atoms with van der Waals surface area (Å²) in [4.78, 5) is 14.7. The molecular formula is C28H30N2O2. The van der Waals surface area contributed by atoms with Crippen LogP contribution in [0.2, 0.25) is 0 Å². The van der Waals surface area contributed by atoms with Gasteiger partial charge in [-0.3, -0.25) is 4.79 Å². The van der Waals surface area contributed by atoms with Crippen molar-refractivity contribution in [3.8, 4) is 16.9 Å². The van der Waals surface area contributed by atoms with Crippen molar-refractivity contribution in [2.45, 2.75) is 25.8 Å². The molecule has 3 aromatic rings. The van der Waals surface area contributed by atoms with E-state index in [1.807, 2.05) is 60.5 Å². The molecule has 32 heavy (non-hydrogen) atoms. The lowest BCUT2D eigenvalue weighted by Gasteiger charge is -2.34. The minimum absolute atomic E-state index is 0.107. The van der Waals surface area contributed by atoms with E-state index >= 15 is 0 Å². The molecule has 3 aromatic carbocycles. The Balaban J connectivity index is 1.64. The summed E-state index contributed by atoms with van der Waals surface area (Å²) >= 11 is 0. The van der Waals surface area contributed by atoms with E-state index in [2.05, 4.69) is 49.5 Å². The maximum Gasteiger partial charge on any atom is 0.227 e. The number of hydrogen-bond donors (Lipinski definition) is 1. The van der Waals surface area contributed by atoms with Crippen LogP contribution in [-0.4, -0.2) is 37.0 Å². The van der Waals surface area contributed by atoms with Crippen LogP contribution in [0.3, 0.4) is 0 Å². The zero-order chi connectivity index (χ0) is 22.7.